The second-order valence-electron chi connectivity index (χ2n) is 7.08. The van der Waals surface area contributed by atoms with E-state index in [1.807, 2.05) is 36.4 Å². The Bertz CT molecular complexity index is 1040. The van der Waals surface area contributed by atoms with Crippen LogP contribution in [0.1, 0.15) is 16.9 Å². The SMILES string of the molecule is O=C(Nc1ccc(CN2C(=O)CSC2=O)cc1)N(Cc1ccccc1)Cc1ccco1. The summed E-state index contributed by atoms with van der Waals surface area (Å²) in [6.07, 6.45) is 1.58. The Kier molecular flexibility index (Phi) is 6.37. The average Bonchev–Trinajstić information content (AvgIpc) is 3.40. The Morgan fingerprint density at radius 3 is 2.39 bits per heavy atom. The first-order chi connectivity index (χ1) is 15.1. The molecule has 0 saturated carbocycles. The van der Waals surface area contributed by atoms with Crippen molar-refractivity contribution in [1.82, 2.24) is 9.80 Å². The van der Waals surface area contributed by atoms with Gasteiger partial charge in [-0.05, 0) is 35.4 Å². The Labute approximate surface area is 184 Å². The summed E-state index contributed by atoms with van der Waals surface area (Å²) in [5.41, 5.74) is 2.45. The lowest BCUT2D eigenvalue weighted by Gasteiger charge is -2.22. The lowest BCUT2D eigenvalue weighted by atomic mass is 10.2. The van der Waals surface area contributed by atoms with E-state index in [4.69, 9.17) is 4.42 Å². The first kappa shape index (κ1) is 20.7. The molecule has 1 fully saturated rings. The van der Waals surface area contributed by atoms with Gasteiger partial charge in [-0.2, -0.15) is 0 Å². The standard InChI is InChI=1S/C23H21N3O4S/c27-21-16-31-23(29)26(21)14-18-8-10-19(11-9-18)24-22(28)25(15-20-7-4-12-30-20)13-17-5-2-1-3-6-17/h1-12H,13-16H2,(H,24,28). The zero-order valence-electron chi connectivity index (χ0n) is 16.7. The molecule has 3 aromatic rings. The second kappa shape index (κ2) is 9.53. The number of urea groups is 1. The molecule has 8 heteroatoms. The fourth-order valence-electron chi connectivity index (χ4n) is 3.21. The summed E-state index contributed by atoms with van der Waals surface area (Å²) in [6.45, 7) is 1.00. The molecule has 4 rings (SSSR count). The van der Waals surface area contributed by atoms with Crippen molar-refractivity contribution < 1.29 is 18.8 Å². The maximum absolute atomic E-state index is 13.0. The van der Waals surface area contributed by atoms with Crippen LogP contribution in [0.15, 0.2) is 77.4 Å². The van der Waals surface area contributed by atoms with Crippen molar-refractivity contribution >= 4 is 34.6 Å². The number of nitrogens with one attached hydrogen (secondary N) is 1. The highest BCUT2D eigenvalue weighted by atomic mass is 32.2. The van der Waals surface area contributed by atoms with Crippen LogP contribution in [-0.2, 0) is 24.4 Å². The molecule has 0 aliphatic carbocycles. The quantitative estimate of drug-likeness (QED) is 0.581. The monoisotopic (exact) mass is 435 g/mol. The minimum Gasteiger partial charge on any atom is -0.467 e. The second-order valence-corrected chi connectivity index (χ2v) is 8.01. The molecule has 1 aliphatic rings. The summed E-state index contributed by atoms with van der Waals surface area (Å²) in [5, 5.41) is 2.68. The van der Waals surface area contributed by atoms with Crippen molar-refractivity contribution in [2.24, 2.45) is 0 Å². The van der Waals surface area contributed by atoms with Crippen LogP contribution < -0.4 is 5.32 Å². The Hall–Kier alpha value is -3.52. The number of rotatable bonds is 7. The largest absolute Gasteiger partial charge is 0.467 e. The van der Waals surface area contributed by atoms with Crippen LogP contribution >= 0.6 is 11.8 Å². The number of imide groups is 1. The van der Waals surface area contributed by atoms with Gasteiger partial charge in [0.25, 0.3) is 5.24 Å². The number of carbonyl (C=O) groups excluding carboxylic acids is 3. The number of thioether (sulfide) groups is 1. The van der Waals surface area contributed by atoms with Gasteiger partial charge >= 0.3 is 6.03 Å². The van der Waals surface area contributed by atoms with Gasteiger partial charge in [-0.1, -0.05) is 54.2 Å². The van der Waals surface area contributed by atoms with E-state index in [-0.39, 0.29) is 29.5 Å². The molecule has 2 aromatic carbocycles. The van der Waals surface area contributed by atoms with Gasteiger partial charge in [0, 0.05) is 12.2 Å². The van der Waals surface area contributed by atoms with Crippen LogP contribution in [0.4, 0.5) is 15.3 Å². The highest BCUT2D eigenvalue weighted by Crippen LogP contribution is 2.22. The van der Waals surface area contributed by atoms with Crippen LogP contribution in [-0.4, -0.2) is 32.7 Å². The lowest BCUT2D eigenvalue weighted by Crippen LogP contribution is -2.34. The number of furan rings is 1. The molecule has 0 spiro atoms. The molecule has 1 N–H and O–H groups in total. The molecule has 1 saturated heterocycles. The molecule has 0 bridgehead atoms. The van der Waals surface area contributed by atoms with Crippen LogP contribution in [0.5, 0.6) is 0 Å². The third-order valence-corrected chi connectivity index (χ3v) is 5.68. The van der Waals surface area contributed by atoms with Gasteiger partial charge in [0.15, 0.2) is 0 Å². The van der Waals surface area contributed by atoms with Crippen LogP contribution in [0.3, 0.4) is 0 Å². The van der Waals surface area contributed by atoms with Crippen molar-refractivity contribution in [3.05, 3.63) is 89.9 Å². The van der Waals surface area contributed by atoms with E-state index in [9.17, 15) is 14.4 Å². The van der Waals surface area contributed by atoms with E-state index < -0.39 is 0 Å². The summed E-state index contributed by atoms with van der Waals surface area (Å²) >= 11 is 1.02. The number of hydrogen-bond acceptors (Lipinski definition) is 5. The van der Waals surface area contributed by atoms with E-state index in [2.05, 4.69) is 5.32 Å². The van der Waals surface area contributed by atoms with Crippen LogP contribution in [0.2, 0.25) is 0 Å². The van der Waals surface area contributed by atoms with Crippen molar-refractivity contribution in [2.45, 2.75) is 19.6 Å². The number of benzene rings is 2. The van der Waals surface area contributed by atoms with E-state index in [0.717, 1.165) is 22.9 Å². The predicted octanol–water partition coefficient (Wildman–Crippen LogP) is 4.71. The van der Waals surface area contributed by atoms with E-state index in [1.54, 1.807) is 41.5 Å². The number of anilines is 1. The van der Waals surface area contributed by atoms with E-state index in [1.165, 1.54) is 4.90 Å². The molecule has 0 unspecified atom stereocenters. The molecule has 4 amide bonds. The maximum atomic E-state index is 13.0. The molecule has 31 heavy (non-hydrogen) atoms. The topological polar surface area (TPSA) is 82.9 Å². The van der Waals surface area contributed by atoms with Crippen LogP contribution in [0, 0.1) is 0 Å². The normalized spacial score (nSPS) is 13.5. The van der Waals surface area contributed by atoms with Crippen LogP contribution in [0.25, 0.3) is 0 Å². The summed E-state index contributed by atoms with van der Waals surface area (Å²) in [7, 11) is 0. The fourth-order valence-corrected chi connectivity index (χ4v) is 3.93. The van der Waals surface area contributed by atoms with Gasteiger partial charge in [0.05, 0.1) is 25.1 Å². The van der Waals surface area contributed by atoms with Crippen molar-refractivity contribution in [3.63, 3.8) is 0 Å². The molecule has 0 radical (unpaired) electrons. The Morgan fingerprint density at radius 2 is 1.74 bits per heavy atom. The number of carbonyl (C=O) groups is 3. The van der Waals surface area contributed by atoms with E-state index in [0.29, 0.717) is 24.5 Å². The lowest BCUT2D eigenvalue weighted by molar-refractivity contribution is -0.125. The van der Waals surface area contributed by atoms with Crippen molar-refractivity contribution in [1.29, 1.82) is 0 Å². The Morgan fingerprint density at radius 1 is 0.968 bits per heavy atom. The number of nitrogens with zero attached hydrogens (tertiary/aromatic N) is 2. The smallest absolute Gasteiger partial charge is 0.322 e. The third-order valence-electron chi connectivity index (χ3n) is 4.82. The van der Waals surface area contributed by atoms with E-state index >= 15 is 0 Å². The molecule has 7 nitrogen and oxygen atoms in total. The first-order valence-corrected chi connectivity index (χ1v) is 10.8. The average molecular weight is 436 g/mol. The van der Waals surface area contributed by atoms with Crippen molar-refractivity contribution in [3.8, 4) is 0 Å². The fraction of sp³-hybridized carbons (Fsp3) is 0.174. The number of hydrogen-bond donors (Lipinski definition) is 1. The summed E-state index contributed by atoms with van der Waals surface area (Å²) < 4.78 is 5.42. The molecular weight excluding hydrogens is 414 g/mol. The predicted molar refractivity (Wildman–Crippen MR) is 118 cm³/mol. The maximum Gasteiger partial charge on any atom is 0.322 e. The molecular formula is C23H21N3O4S. The molecule has 158 valence electrons. The van der Waals surface area contributed by atoms with Gasteiger partial charge in [-0.3, -0.25) is 14.5 Å². The Balaban J connectivity index is 1.42. The van der Waals surface area contributed by atoms with Gasteiger partial charge in [0.1, 0.15) is 5.76 Å². The molecule has 1 aromatic heterocycles. The van der Waals surface area contributed by atoms with Crippen molar-refractivity contribution in [2.75, 3.05) is 11.1 Å². The van der Waals surface area contributed by atoms with Gasteiger partial charge in [-0.15, -0.1) is 0 Å². The molecule has 0 atom stereocenters. The summed E-state index contributed by atoms with van der Waals surface area (Å²) in [5.74, 6) is 0.709. The zero-order chi connectivity index (χ0) is 21.6. The summed E-state index contributed by atoms with van der Waals surface area (Å²) in [6, 6.07) is 20.2. The minimum atomic E-state index is -0.255. The number of amides is 4. The van der Waals surface area contributed by atoms with Gasteiger partial charge in [-0.25, -0.2) is 4.79 Å². The summed E-state index contributed by atoms with van der Waals surface area (Å²) in [4.78, 5) is 39.4. The van der Waals surface area contributed by atoms with Gasteiger partial charge in [0.2, 0.25) is 5.91 Å². The highest BCUT2D eigenvalue weighted by Gasteiger charge is 2.29. The third kappa shape index (κ3) is 5.35. The highest BCUT2D eigenvalue weighted by molar-refractivity contribution is 8.14. The molecule has 2 heterocycles. The first-order valence-electron chi connectivity index (χ1n) is 9.77. The minimum absolute atomic E-state index is 0.179. The zero-order valence-corrected chi connectivity index (χ0v) is 17.5. The molecule has 1 aliphatic heterocycles. The van der Waals surface area contributed by atoms with Gasteiger partial charge < -0.3 is 14.6 Å².